The van der Waals surface area contributed by atoms with Gasteiger partial charge >= 0.3 is 0 Å². The minimum atomic E-state index is 0. The second-order valence-corrected chi connectivity index (χ2v) is 3.79. The predicted octanol–water partition coefficient (Wildman–Crippen LogP) is 2.53. The zero-order valence-electron chi connectivity index (χ0n) is 8.81. The number of hydrogen-bond donors (Lipinski definition) is 1. The Hall–Kier alpha value is -0.990. The van der Waals surface area contributed by atoms with Crippen molar-refractivity contribution in [2.45, 2.75) is 6.42 Å². The number of halogens is 1. The van der Waals surface area contributed by atoms with E-state index >= 15 is 0 Å². The van der Waals surface area contributed by atoms with Gasteiger partial charge in [0.1, 0.15) is 5.75 Å². The van der Waals surface area contributed by atoms with E-state index in [9.17, 15) is 0 Å². The molecular formula is C12H16ClNO. The van der Waals surface area contributed by atoms with Crippen LogP contribution in [0.3, 0.4) is 0 Å². The predicted molar refractivity (Wildman–Crippen MR) is 65.4 cm³/mol. The van der Waals surface area contributed by atoms with Crippen LogP contribution in [0.15, 0.2) is 30.3 Å². The summed E-state index contributed by atoms with van der Waals surface area (Å²) in [4.78, 5) is 2.30. The lowest BCUT2D eigenvalue weighted by Gasteiger charge is -2.22. The van der Waals surface area contributed by atoms with Gasteiger partial charge in [-0.15, -0.1) is 12.4 Å². The maximum atomic E-state index is 9.17. The fourth-order valence-electron chi connectivity index (χ4n) is 1.71. The smallest absolute Gasteiger partial charge is 0.115 e. The number of phenolic OH excluding ortho intramolecular Hbond substituents is 1. The van der Waals surface area contributed by atoms with Gasteiger partial charge in [-0.05, 0) is 36.7 Å². The van der Waals surface area contributed by atoms with Gasteiger partial charge in [0.25, 0.3) is 0 Å². The molecule has 0 bridgehead atoms. The zero-order chi connectivity index (χ0) is 9.97. The first-order valence-corrected chi connectivity index (χ1v) is 4.93. The first-order chi connectivity index (χ1) is 6.75. The normalized spacial score (nSPS) is 16.7. The molecule has 0 spiro atoms. The van der Waals surface area contributed by atoms with Crippen LogP contribution in [0.5, 0.6) is 5.75 Å². The van der Waals surface area contributed by atoms with E-state index in [1.807, 2.05) is 12.1 Å². The molecule has 1 aliphatic heterocycles. The molecule has 1 heterocycles. The van der Waals surface area contributed by atoms with Crippen LogP contribution in [0.2, 0.25) is 0 Å². The van der Waals surface area contributed by atoms with E-state index in [0.717, 1.165) is 19.5 Å². The molecule has 15 heavy (non-hydrogen) atoms. The van der Waals surface area contributed by atoms with Crippen molar-refractivity contribution in [3.8, 4) is 5.75 Å². The van der Waals surface area contributed by atoms with E-state index in [1.54, 1.807) is 12.1 Å². The second kappa shape index (κ2) is 5.19. The van der Waals surface area contributed by atoms with E-state index in [4.69, 9.17) is 5.11 Å². The Kier molecular flexibility index (Phi) is 4.18. The highest BCUT2D eigenvalue weighted by Gasteiger charge is 2.08. The summed E-state index contributed by atoms with van der Waals surface area (Å²) in [5.41, 5.74) is 2.62. The molecule has 0 fully saturated rings. The lowest BCUT2D eigenvalue weighted by atomic mass is 10.00. The van der Waals surface area contributed by atoms with Gasteiger partial charge in [0, 0.05) is 13.1 Å². The highest BCUT2D eigenvalue weighted by molar-refractivity contribution is 5.85. The number of rotatable bonds is 1. The van der Waals surface area contributed by atoms with Gasteiger partial charge in [0.05, 0.1) is 0 Å². The number of likely N-dealkylation sites (N-methyl/N-ethyl adjacent to an activating group) is 1. The largest absolute Gasteiger partial charge is 0.508 e. The first-order valence-electron chi connectivity index (χ1n) is 4.93. The summed E-state index contributed by atoms with van der Waals surface area (Å²) in [5.74, 6) is 0.335. The lowest BCUT2D eigenvalue weighted by Crippen LogP contribution is -2.23. The van der Waals surface area contributed by atoms with E-state index in [-0.39, 0.29) is 12.4 Å². The van der Waals surface area contributed by atoms with Crippen molar-refractivity contribution in [3.05, 3.63) is 35.9 Å². The van der Waals surface area contributed by atoms with Crippen LogP contribution in [0.1, 0.15) is 12.0 Å². The molecule has 0 unspecified atom stereocenters. The van der Waals surface area contributed by atoms with Crippen molar-refractivity contribution in [2.24, 2.45) is 0 Å². The highest BCUT2D eigenvalue weighted by atomic mass is 35.5. The van der Waals surface area contributed by atoms with Crippen LogP contribution in [0.4, 0.5) is 0 Å². The Morgan fingerprint density at radius 3 is 2.40 bits per heavy atom. The van der Waals surface area contributed by atoms with Gasteiger partial charge in [0.2, 0.25) is 0 Å². The number of nitrogens with zero attached hydrogens (tertiary/aromatic N) is 1. The van der Waals surface area contributed by atoms with Crippen LogP contribution >= 0.6 is 12.4 Å². The van der Waals surface area contributed by atoms with Crippen molar-refractivity contribution in [1.82, 2.24) is 4.90 Å². The topological polar surface area (TPSA) is 23.5 Å². The van der Waals surface area contributed by atoms with Crippen molar-refractivity contribution in [3.63, 3.8) is 0 Å². The van der Waals surface area contributed by atoms with Gasteiger partial charge < -0.3 is 10.0 Å². The fraction of sp³-hybridized carbons (Fsp3) is 0.333. The third-order valence-corrected chi connectivity index (χ3v) is 2.65. The van der Waals surface area contributed by atoms with E-state index in [2.05, 4.69) is 18.0 Å². The molecule has 2 rings (SSSR count). The molecular weight excluding hydrogens is 210 g/mol. The van der Waals surface area contributed by atoms with Crippen LogP contribution in [-0.2, 0) is 0 Å². The average molecular weight is 226 g/mol. The summed E-state index contributed by atoms with van der Waals surface area (Å²) in [6, 6.07) is 7.45. The summed E-state index contributed by atoms with van der Waals surface area (Å²) in [6.45, 7) is 2.14. The summed E-state index contributed by atoms with van der Waals surface area (Å²) >= 11 is 0. The number of phenols is 1. The van der Waals surface area contributed by atoms with Crippen LogP contribution in [0.25, 0.3) is 5.57 Å². The van der Waals surface area contributed by atoms with Crippen molar-refractivity contribution >= 4 is 18.0 Å². The quantitative estimate of drug-likeness (QED) is 0.794. The summed E-state index contributed by atoms with van der Waals surface area (Å²) in [5, 5.41) is 9.17. The van der Waals surface area contributed by atoms with E-state index < -0.39 is 0 Å². The Bertz CT molecular complexity index is 345. The van der Waals surface area contributed by atoms with Crippen LogP contribution < -0.4 is 0 Å². The molecule has 82 valence electrons. The maximum absolute atomic E-state index is 9.17. The number of hydrogen-bond acceptors (Lipinski definition) is 2. The SMILES string of the molecule is CN1CC=C(c2ccc(O)cc2)CC1.Cl. The molecule has 0 amide bonds. The average Bonchev–Trinajstić information content (AvgIpc) is 2.21. The fourth-order valence-corrected chi connectivity index (χ4v) is 1.71. The van der Waals surface area contributed by atoms with Gasteiger partial charge in [-0.3, -0.25) is 0 Å². The van der Waals surface area contributed by atoms with Gasteiger partial charge in [-0.2, -0.15) is 0 Å². The minimum absolute atomic E-state index is 0. The van der Waals surface area contributed by atoms with Gasteiger partial charge in [-0.25, -0.2) is 0 Å². The molecule has 0 saturated carbocycles. The van der Waals surface area contributed by atoms with Gasteiger partial charge in [0.15, 0.2) is 0 Å². The molecule has 2 nitrogen and oxygen atoms in total. The summed E-state index contributed by atoms with van der Waals surface area (Å²) in [7, 11) is 2.13. The third-order valence-electron chi connectivity index (χ3n) is 2.65. The third kappa shape index (κ3) is 2.98. The van der Waals surface area contributed by atoms with Crippen molar-refractivity contribution < 1.29 is 5.11 Å². The van der Waals surface area contributed by atoms with Crippen LogP contribution in [0, 0.1) is 0 Å². The Labute approximate surface area is 96.6 Å². The molecule has 0 atom stereocenters. The Morgan fingerprint density at radius 1 is 1.20 bits per heavy atom. The monoisotopic (exact) mass is 225 g/mol. The number of benzene rings is 1. The molecule has 0 aliphatic carbocycles. The maximum Gasteiger partial charge on any atom is 0.115 e. The van der Waals surface area contributed by atoms with E-state index in [0.29, 0.717) is 5.75 Å². The highest BCUT2D eigenvalue weighted by Crippen LogP contribution is 2.23. The minimum Gasteiger partial charge on any atom is -0.508 e. The molecule has 1 aromatic rings. The molecule has 3 heteroatoms. The lowest BCUT2D eigenvalue weighted by molar-refractivity contribution is 0.370. The first kappa shape index (κ1) is 12.1. The molecule has 1 N–H and O–H groups in total. The molecule has 1 aromatic carbocycles. The van der Waals surface area contributed by atoms with Crippen molar-refractivity contribution in [2.75, 3.05) is 20.1 Å². The van der Waals surface area contributed by atoms with Crippen molar-refractivity contribution in [1.29, 1.82) is 0 Å². The van der Waals surface area contributed by atoms with E-state index in [1.165, 1.54) is 11.1 Å². The van der Waals surface area contributed by atoms with Gasteiger partial charge in [-0.1, -0.05) is 18.2 Å². The molecule has 0 saturated heterocycles. The van der Waals surface area contributed by atoms with Crippen LogP contribution in [-0.4, -0.2) is 30.1 Å². The number of aromatic hydroxyl groups is 1. The summed E-state index contributed by atoms with van der Waals surface area (Å²) in [6.07, 6.45) is 3.36. The molecule has 0 aromatic heterocycles. The molecule has 1 aliphatic rings. The summed E-state index contributed by atoms with van der Waals surface area (Å²) < 4.78 is 0. The second-order valence-electron chi connectivity index (χ2n) is 3.79. The standard InChI is InChI=1S/C12H15NO.ClH/c1-13-8-6-11(7-9-13)10-2-4-12(14)5-3-10;/h2-6,14H,7-9H2,1H3;1H. The Morgan fingerprint density at radius 2 is 1.87 bits per heavy atom. The molecule has 0 radical (unpaired) electrons. The zero-order valence-corrected chi connectivity index (χ0v) is 9.63. The Balaban J connectivity index is 0.00000112.